The van der Waals surface area contributed by atoms with Gasteiger partial charge in [-0.3, -0.25) is 9.59 Å². The second-order valence-electron chi connectivity index (χ2n) is 2.40. The van der Waals surface area contributed by atoms with E-state index < -0.39 is 12.0 Å². The summed E-state index contributed by atoms with van der Waals surface area (Å²) in [4.78, 5) is 20.8. The van der Waals surface area contributed by atoms with Gasteiger partial charge in [-0.2, -0.15) is 0 Å². The van der Waals surface area contributed by atoms with E-state index in [9.17, 15) is 9.59 Å². The molecular formula is C7H13NO4. The highest BCUT2D eigenvalue weighted by molar-refractivity contribution is 5.77. The van der Waals surface area contributed by atoms with Crippen molar-refractivity contribution in [3.8, 4) is 0 Å². The number of hydrogen-bond acceptors (Lipinski definition) is 4. The summed E-state index contributed by atoms with van der Waals surface area (Å²) in [7, 11) is 1.52. The average Bonchev–Trinajstić information content (AvgIpc) is 1.96. The van der Waals surface area contributed by atoms with Gasteiger partial charge in [0.05, 0.1) is 6.61 Å². The molecule has 0 aliphatic rings. The third kappa shape index (κ3) is 4.81. The van der Waals surface area contributed by atoms with E-state index in [1.54, 1.807) is 0 Å². The SMILES string of the molecule is CN[C@@H](COCC(C)=O)C(=O)O. The molecular weight excluding hydrogens is 162 g/mol. The minimum Gasteiger partial charge on any atom is -0.480 e. The molecule has 0 aromatic rings. The molecule has 70 valence electrons. The molecule has 12 heavy (non-hydrogen) atoms. The zero-order valence-corrected chi connectivity index (χ0v) is 7.16. The number of carbonyl (C=O) groups excluding carboxylic acids is 1. The highest BCUT2D eigenvalue weighted by Gasteiger charge is 2.14. The molecule has 0 saturated carbocycles. The number of nitrogens with one attached hydrogen (secondary N) is 1. The molecule has 0 aliphatic heterocycles. The van der Waals surface area contributed by atoms with Crippen molar-refractivity contribution in [2.75, 3.05) is 20.3 Å². The summed E-state index contributed by atoms with van der Waals surface area (Å²) in [6.07, 6.45) is 0. The zero-order valence-electron chi connectivity index (χ0n) is 7.16. The second kappa shape index (κ2) is 5.68. The molecule has 0 unspecified atom stereocenters. The van der Waals surface area contributed by atoms with Gasteiger partial charge in [-0.05, 0) is 14.0 Å². The monoisotopic (exact) mass is 175 g/mol. The predicted octanol–water partition coefficient (Wildman–Crippen LogP) is -0.735. The Labute approximate surface area is 70.7 Å². The van der Waals surface area contributed by atoms with Crippen LogP contribution in [0.15, 0.2) is 0 Å². The van der Waals surface area contributed by atoms with Crippen molar-refractivity contribution in [1.29, 1.82) is 0 Å². The van der Waals surface area contributed by atoms with Crippen molar-refractivity contribution < 1.29 is 19.4 Å². The molecule has 5 nitrogen and oxygen atoms in total. The normalized spacial score (nSPS) is 12.5. The standard InChI is InChI=1S/C7H13NO4/c1-5(9)3-12-4-6(8-2)7(10)11/h6,8H,3-4H2,1-2H3,(H,10,11)/t6-/m0/s1. The number of hydrogen-bond donors (Lipinski definition) is 2. The minimum atomic E-state index is -0.985. The molecule has 5 heteroatoms. The first-order chi connectivity index (χ1) is 5.57. The van der Waals surface area contributed by atoms with Gasteiger partial charge in [0.25, 0.3) is 0 Å². The van der Waals surface area contributed by atoms with Crippen molar-refractivity contribution in [1.82, 2.24) is 5.32 Å². The maximum absolute atomic E-state index is 10.4. The highest BCUT2D eigenvalue weighted by Crippen LogP contribution is 1.85. The van der Waals surface area contributed by atoms with Gasteiger partial charge in [0.15, 0.2) is 5.78 Å². The Bertz CT molecular complexity index is 169. The lowest BCUT2D eigenvalue weighted by molar-refractivity contribution is -0.141. The van der Waals surface area contributed by atoms with E-state index >= 15 is 0 Å². The summed E-state index contributed by atoms with van der Waals surface area (Å²) < 4.78 is 4.82. The van der Waals surface area contributed by atoms with E-state index in [1.165, 1.54) is 14.0 Å². The molecule has 0 heterocycles. The predicted molar refractivity (Wildman–Crippen MR) is 42.0 cm³/mol. The van der Waals surface area contributed by atoms with Crippen molar-refractivity contribution >= 4 is 11.8 Å². The Balaban J connectivity index is 3.59. The summed E-state index contributed by atoms with van der Waals surface area (Å²) >= 11 is 0. The number of ether oxygens (including phenoxy) is 1. The van der Waals surface area contributed by atoms with Gasteiger partial charge in [0, 0.05) is 0 Å². The van der Waals surface area contributed by atoms with E-state index in [0.29, 0.717) is 0 Å². The second-order valence-corrected chi connectivity index (χ2v) is 2.40. The van der Waals surface area contributed by atoms with E-state index in [-0.39, 0.29) is 19.0 Å². The van der Waals surface area contributed by atoms with E-state index in [2.05, 4.69) is 5.32 Å². The first-order valence-corrected chi connectivity index (χ1v) is 3.55. The molecule has 0 aliphatic carbocycles. The average molecular weight is 175 g/mol. The van der Waals surface area contributed by atoms with Crippen LogP contribution < -0.4 is 5.32 Å². The van der Waals surface area contributed by atoms with Crippen molar-refractivity contribution in [2.24, 2.45) is 0 Å². The molecule has 0 rings (SSSR count). The van der Waals surface area contributed by atoms with Crippen LogP contribution in [-0.2, 0) is 14.3 Å². The Morgan fingerprint density at radius 2 is 2.17 bits per heavy atom. The van der Waals surface area contributed by atoms with Crippen LogP contribution >= 0.6 is 0 Å². The maximum atomic E-state index is 10.4. The molecule has 0 fully saturated rings. The summed E-state index contributed by atoms with van der Waals surface area (Å²) in [5, 5.41) is 11.1. The van der Waals surface area contributed by atoms with Gasteiger partial charge >= 0.3 is 5.97 Å². The summed E-state index contributed by atoms with van der Waals surface area (Å²) in [6, 6.07) is -0.746. The van der Waals surface area contributed by atoms with Gasteiger partial charge in [-0.15, -0.1) is 0 Å². The Hall–Kier alpha value is -0.940. The number of ketones is 1. The van der Waals surface area contributed by atoms with E-state index in [4.69, 9.17) is 9.84 Å². The number of rotatable bonds is 6. The largest absolute Gasteiger partial charge is 0.480 e. The van der Waals surface area contributed by atoms with Crippen molar-refractivity contribution in [2.45, 2.75) is 13.0 Å². The van der Waals surface area contributed by atoms with Gasteiger partial charge in [-0.1, -0.05) is 0 Å². The van der Waals surface area contributed by atoms with Gasteiger partial charge < -0.3 is 15.2 Å². The molecule has 1 atom stereocenters. The number of aliphatic carboxylic acids is 1. The van der Waals surface area contributed by atoms with Crippen molar-refractivity contribution in [3.63, 3.8) is 0 Å². The van der Waals surface area contributed by atoms with Gasteiger partial charge in [0.2, 0.25) is 0 Å². The van der Waals surface area contributed by atoms with Crippen LogP contribution in [0, 0.1) is 0 Å². The van der Waals surface area contributed by atoms with E-state index in [1.807, 2.05) is 0 Å². The van der Waals surface area contributed by atoms with Crippen LogP contribution in [0.5, 0.6) is 0 Å². The molecule has 0 aromatic heterocycles. The fourth-order valence-corrected chi connectivity index (χ4v) is 0.599. The molecule has 0 aromatic carbocycles. The lowest BCUT2D eigenvalue weighted by Gasteiger charge is -2.10. The maximum Gasteiger partial charge on any atom is 0.323 e. The minimum absolute atomic E-state index is 0.00537. The van der Waals surface area contributed by atoms with Crippen LogP contribution in [-0.4, -0.2) is 43.2 Å². The molecule has 0 bridgehead atoms. The van der Waals surface area contributed by atoms with Gasteiger partial charge in [-0.25, -0.2) is 0 Å². The first-order valence-electron chi connectivity index (χ1n) is 3.55. The molecule has 0 amide bonds. The number of carbonyl (C=O) groups is 2. The third-order valence-corrected chi connectivity index (χ3v) is 1.24. The van der Waals surface area contributed by atoms with Crippen LogP contribution in [0.2, 0.25) is 0 Å². The van der Waals surface area contributed by atoms with Gasteiger partial charge in [0.1, 0.15) is 12.6 Å². The summed E-state index contributed by atoms with van der Waals surface area (Å²) in [5.41, 5.74) is 0. The lowest BCUT2D eigenvalue weighted by Crippen LogP contribution is -2.38. The Morgan fingerprint density at radius 3 is 2.50 bits per heavy atom. The number of likely N-dealkylation sites (N-methyl/N-ethyl adjacent to an activating group) is 1. The highest BCUT2D eigenvalue weighted by atomic mass is 16.5. The Kier molecular flexibility index (Phi) is 5.23. The fourth-order valence-electron chi connectivity index (χ4n) is 0.599. The first kappa shape index (κ1) is 11.1. The van der Waals surface area contributed by atoms with Crippen LogP contribution in [0.1, 0.15) is 6.92 Å². The number of carboxylic acids is 1. The lowest BCUT2D eigenvalue weighted by atomic mass is 10.3. The van der Waals surface area contributed by atoms with Crippen LogP contribution in [0.25, 0.3) is 0 Å². The third-order valence-electron chi connectivity index (χ3n) is 1.24. The Morgan fingerprint density at radius 1 is 1.58 bits per heavy atom. The van der Waals surface area contributed by atoms with Crippen LogP contribution in [0.3, 0.4) is 0 Å². The molecule has 2 N–H and O–H groups in total. The zero-order chi connectivity index (χ0) is 9.56. The topological polar surface area (TPSA) is 75.6 Å². The molecule has 0 saturated heterocycles. The number of Topliss-reactive ketones (excluding diaryl/α,β-unsaturated/α-hetero) is 1. The summed E-state index contributed by atoms with van der Waals surface area (Å²) in [6.45, 7) is 1.35. The fraction of sp³-hybridized carbons (Fsp3) is 0.714. The quantitative estimate of drug-likeness (QED) is 0.556. The van der Waals surface area contributed by atoms with Crippen molar-refractivity contribution in [3.05, 3.63) is 0 Å². The molecule has 0 spiro atoms. The molecule has 0 radical (unpaired) electrons. The van der Waals surface area contributed by atoms with Crippen LogP contribution in [0.4, 0.5) is 0 Å². The van der Waals surface area contributed by atoms with E-state index in [0.717, 1.165) is 0 Å². The smallest absolute Gasteiger partial charge is 0.323 e. The number of carboxylic acid groups (broad SMARTS) is 1. The summed E-state index contributed by atoms with van der Waals surface area (Å²) in [5.74, 6) is -1.10.